The highest BCUT2D eigenvalue weighted by atomic mass is 16.5. The predicted octanol–water partition coefficient (Wildman–Crippen LogP) is 2.13. The summed E-state index contributed by atoms with van der Waals surface area (Å²) in [7, 11) is 0. The van der Waals surface area contributed by atoms with Crippen LogP contribution < -0.4 is 10.6 Å². The van der Waals surface area contributed by atoms with E-state index in [0.717, 1.165) is 6.07 Å². The first-order valence-corrected chi connectivity index (χ1v) is 9.12. The summed E-state index contributed by atoms with van der Waals surface area (Å²) in [6, 6.07) is 10.9. The molecule has 2 aromatic rings. The molecule has 1 atom stereocenters. The number of amides is 2. The number of esters is 2. The van der Waals surface area contributed by atoms with Crippen LogP contribution in [0.4, 0.5) is 4.79 Å². The topological polar surface area (TPSA) is 134 Å². The van der Waals surface area contributed by atoms with Crippen molar-refractivity contribution in [1.29, 1.82) is 0 Å². The number of ether oxygens (including phenoxy) is 2. The van der Waals surface area contributed by atoms with E-state index >= 15 is 0 Å². The van der Waals surface area contributed by atoms with Crippen LogP contribution in [0.2, 0.25) is 0 Å². The van der Waals surface area contributed by atoms with Crippen molar-refractivity contribution in [2.75, 3.05) is 13.2 Å². The van der Waals surface area contributed by atoms with Crippen molar-refractivity contribution in [3.05, 3.63) is 70.9 Å². The lowest BCUT2D eigenvalue weighted by Gasteiger charge is -2.29. The van der Waals surface area contributed by atoms with Crippen LogP contribution in [-0.4, -0.2) is 41.4 Å². The molecule has 9 heteroatoms. The van der Waals surface area contributed by atoms with Gasteiger partial charge in [0.05, 0.1) is 23.9 Å². The van der Waals surface area contributed by atoms with Gasteiger partial charge in [-0.15, -0.1) is 0 Å². The first-order valence-electron chi connectivity index (χ1n) is 9.12. The number of carbonyl (C=O) groups excluding carboxylic acids is 3. The second kappa shape index (κ2) is 8.99. The molecule has 0 saturated heterocycles. The zero-order chi connectivity index (χ0) is 21.7. The molecule has 0 radical (unpaired) electrons. The van der Waals surface area contributed by atoms with E-state index in [9.17, 15) is 24.6 Å². The molecule has 1 unspecified atom stereocenters. The van der Waals surface area contributed by atoms with E-state index in [1.165, 1.54) is 12.1 Å². The number of phenolic OH excluding ortho intramolecular Hbond substituents is 2. The van der Waals surface area contributed by atoms with Crippen molar-refractivity contribution in [1.82, 2.24) is 10.6 Å². The molecule has 4 N–H and O–H groups in total. The molecule has 1 aliphatic heterocycles. The molecule has 9 nitrogen and oxygen atoms in total. The fourth-order valence-electron chi connectivity index (χ4n) is 2.99. The maximum Gasteiger partial charge on any atom is 0.342 e. The smallest absolute Gasteiger partial charge is 0.342 e. The van der Waals surface area contributed by atoms with Crippen LogP contribution in [0.25, 0.3) is 0 Å². The van der Waals surface area contributed by atoms with Gasteiger partial charge in [0, 0.05) is 6.07 Å². The Hall–Kier alpha value is -4.01. The Morgan fingerprint density at radius 1 is 1.03 bits per heavy atom. The molecule has 1 heterocycles. The summed E-state index contributed by atoms with van der Waals surface area (Å²) in [6.07, 6.45) is 0. The molecule has 1 aliphatic rings. The molecule has 30 heavy (non-hydrogen) atoms. The number of carbonyl (C=O) groups is 3. The predicted molar refractivity (Wildman–Crippen MR) is 105 cm³/mol. The van der Waals surface area contributed by atoms with Crippen molar-refractivity contribution in [3.63, 3.8) is 0 Å². The SMILES string of the molecule is CCOC(=O)C1=C(COC(=O)c2ccc(O)cc2O)NC(=O)NC1c1ccccc1. The van der Waals surface area contributed by atoms with Crippen LogP contribution in [0.1, 0.15) is 28.9 Å². The molecular formula is C21H20N2O7. The summed E-state index contributed by atoms with van der Waals surface area (Å²) in [5.41, 5.74) is 0.643. The first-order chi connectivity index (χ1) is 14.4. The third kappa shape index (κ3) is 4.52. The summed E-state index contributed by atoms with van der Waals surface area (Å²) in [6.45, 7) is 1.33. The van der Waals surface area contributed by atoms with Crippen LogP contribution in [0, 0.1) is 0 Å². The van der Waals surface area contributed by atoms with Gasteiger partial charge < -0.3 is 30.3 Å². The Labute approximate surface area is 171 Å². The Balaban J connectivity index is 1.91. The van der Waals surface area contributed by atoms with E-state index in [4.69, 9.17) is 9.47 Å². The van der Waals surface area contributed by atoms with Crippen LogP contribution in [0.5, 0.6) is 11.5 Å². The Bertz CT molecular complexity index is 1000. The van der Waals surface area contributed by atoms with Gasteiger partial charge in [0.1, 0.15) is 23.7 Å². The highest BCUT2D eigenvalue weighted by Gasteiger charge is 2.34. The molecular weight excluding hydrogens is 392 g/mol. The Kier molecular flexibility index (Phi) is 6.21. The highest BCUT2D eigenvalue weighted by Crippen LogP contribution is 2.28. The minimum Gasteiger partial charge on any atom is -0.508 e. The van der Waals surface area contributed by atoms with Gasteiger partial charge >= 0.3 is 18.0 Å². The number of benzene rings is 2. The second-order valence-electron chi connectivity index (χ2n) is 6.33. The molecule has 156 valence electrons. The van der Waals surface area contributed by atoms with E-state index in [1.807, 2.05) is 0 Å². The average molecular weight is 412 g/mol. The fraction of sp³-hybridized carbons (Fsp3) is 0.190. The summed E-state index contributed by atoms with van der Waals surface area (Å²) in [4.78, 5) is 37.1. The lowest BCUT2D eigenvalue weighted by molar-refractivity contribution is -0.139. The quantitative estimate of drug-likeness (QED) is 0.534. The molecule has 0 aliphatic carbocycles. The molecule has 3 rings (SSSR count). The average Bonchev–Trinajstić information content (AvgIpc) is 2.72. The van der Waals surface area contributed by atoms with E-state index in [0.29, 0.717) is 5.56 Å². The number of nitrogens with one attached hydrogen (secondary N) is 2. The van der Waals surface area contributed by atoms with Crippen molar-refractivity contribution in [2.45, 2.75) is 13.0 Å². The van der Waals surface area contributed by atoms with Gasteiger partial charge in [0.2, 0.25) is 0 Å². The van der Waals surface area contributed by atoms with Gasteiger partial charge in [0.25, 0.3) is 0 Å². The van der Waals surface area contributed by atoms with E-state index < -0.39 is 36.4 Å². The molecule has 0 fully saturated rings. The zero-order valence-electron chi connectivity index (χ0n) is 16.0. The third-order valence-electron chi connectivity index (χ3n) is 4.33. The number of rotatable bonds is 6. The number of hydrogen-bond acceptors (Lipinski definition) is 7. The second-order valence-corrected chi connectivity index (χ2v) is 6.33. The minimum atomic E-state index is -0.896. The zero-order valence-corrected chi connectivity index (χ0v) is 16.0. The molecule has 0 bridgehead atoms. The Morgan fingerprint density at radius 2 is 1.77 bits per heavy atom. The maximum absolute atomic E-state index is 12.6. The van der Waals surface area contributed by atoms with Crippen molar-refractivity contribution >= 4 is 18.0 Å². The van der Waals surface area contributed by atoms with Crippen LogP contribution in [0.3, 0.4) is 0 Å². The van der Waals surface area contributed by atoms with Crippen molar-refractivity contribution < 1.29 is 34.1 Å². The third-order valence-corrected chi connectivity index (χ3v) is 4.33. The largest absolute Gasteiger partial charge is 0.508 e. The molecule has 0 saturated carbocycles. The van der Waals surface area contributed by atoms with Gasteiger partial charge in [-0.3, -0.25) is 0 Å². The number of hydrogen-bond donors (Lipinski definition) is 4. The molecule has 0 spiro atoms. The number of aromatic hydroxyl groups is 2. The van der Waals surface area contributed by atoms with Gasteiger partial charge in [-0.25, -0.2) is 14.4 Å². The summed E-state index contributed by atoms with van der Waals surface area (Å²) < 4.78 is 10.3. The van der Waals surface area contributed by atoms with Crippen LogP contribution in [0.15, 0.2) is 59.8 Å². The lowest BCUT2D eigenvalue weighted by atomic mass is 9.95. The fourth-order valence-corrected chi connectivity index (χ4v) is 2.99. The summed E-state index contributed by atoms with van der Waals surface area (Å²) in [5, 5.41) is 24.3. The molecule has 0 aromatic heterocycles. The van der Waals surface area contributed by atoms with E-state index in [2.05, 4.69) is 10.6 Å². The van der Waals surface area contributed by atoms with Gasteiger partial charge in [-0.05, 0) is 24.6 Å². The first kappa shape index (κ1) is 20.7. The van der Waals surface area contributed by atoms with Crippen LogP contribution in [-0.2, 0) is 14.3 Å². The van der Waals surface area contributed by atoms with E-state index in [1.54, 1.807) is 37.3 Å². The van der Waals surface area contributed by atoms with Gasteiger partial charge in [0.15, 0.2) is 0 Å². The summed E-state index contributed by atoms with van der Waals surface area (Å²) in [5.74, 6) is -2.24. The van der Waals surface area contributed by atoms with E-state index in [-0.39, 0.29) is 29.2 Å². The van der Waals surface area contributed by atoms with Crippen molar-refractivity contribution in [3.8, 4) is 11.5 Å². The van der Waals surface area contributed by atoms with Gasteiger partial charge in [-0.2, -0.15) is 0 Å². The Morgan fingerprint density at radius 3 is 2.43 bits per heavy atom. The highest BCUT2D eigenvalue weighted by molar-refractivity contribution is 5.96. The van der Waals surface area contributed by atoms with Gasteiger partial charge in [-0.1, -0.05) is 30.3 Å². The monoisotopic (exact) mass is 412 g/mol. The molecule has 2 aromatic carbocycles. The maximum atomic E-state index is 12.6. The summed E-state index contributed by atoms with van der Waals surface area (Å²) >= 11 is 0. The normalized spacial score (nSPS) is 15.8. The standard InChI is InChI=1S/C21H20N2O7/c1-2-29-20(27)17-15(11-30-19(26)14-9-8-13(24)10-16(14)25)22-21(28)23-18(17)12-6-4-3-5-7-12/h3-10,18,24-25H,2,11H2,1H3,(H2,22,23,28). The minimum absolute atomic E-state index is 0.0673. The molecule has 2 amide bonds. The lowest BCUT2D eigenvalue weighted by Crippen LogP contribution is -2.47. The van der Waals surface area contributed by atoms with Crippen molar-refractivity contribution in [2.24, 2.45) is 0 Å². The number of urea groups is 1. The van der Waals surface area contributed by atoms with Crippen LogP contribution >= 0.6 is 0 Å². The number of phenols is 2.